The van der Waals surface area contributed by atoms with Crippen LogP contribution in [0.15, 0.2) is 42.5 Å². The molecule has 4 unspecified atom stereocenters. The Morgan fingerprint density at radius 3 is 2.54 bits per heavy atom. The molecule has 3 aliphatic rings. The van der Waals surface area contributed by atoms with Gasteiger partial charge in [-0.1, -0.05) is 55.3 Å². The van der Waals surface area contributed by atoms with Crippen LogP contribution in [0.2, 0.25) is 0 Å². The maximum Gasteiger partial charge on any atom is 0.408 e. The standard InChI is InChI=1S/C34H45N7O7/c1-5-35-29(43)27-26(21-14-10-9-11-15-21)38-41(39-27)23-18-25-28(42)37-34(31(45)46)19-22(34)16-12-7-6-8-13-17-24(30(44)40(25)20-23)36-32(47)48-33(2,3)4/h9-12,14-16,22-25H,5-8,13,17-20H2,1-4H3,(H,35,43)(H,36,47)(H,37,42)(H,45,46)/b16-12-/t22?,23-,24?,25?,34?/m1/s1. The molecule has 1 aromatic carbocycles. The molecule has 2 aromatic rings. The van der Waals surface area contributed by atoms with Gasteiger partial charge in [-0.25, -0.2) is 9.59 Å². The third kappa shape index (κ3) is 7.69. The van der Waals surface area contributed by atoms with Gasteiger partial charge in [0.2, 0.25) is 11.8 Å². The van der Waals surface area contributed by atoms with Gasteiger partial charge in [0, 0.05) is 31.0 Å². The van der Waals surface area contributed by atoms with Gasteiger partial charge in [-0.15, -0.1) is 5.10 Å². The molecule has 1 aliphatic carbocycles. The summed E-state index contributed by atoms with van der Waals surface area (Å²) in [7, 11) is 0. The van der Waals surface area contributed by atoms with Crippen molar-refractivity contribution >= 4 is 29.8 Å². The monoisotopic (exact) mass is 663 g/mol. The van der Waals surface area contributed by atoms with E-state index in [-0.39, 0.29) is 31.0 Å². The van der Waals surface area contributed by atoms with E-state index in [1.807, 2.05) is 42.5 Å². The molecular formula is C34H45N7O7. The Morgan fingerprint density at radius 1 is 1.10 bits per heavy atom. The number of alkyl carbamates (subject to hydrolysis) is 1. The van der Waals surface area contributed by atoms with Crippen LogP contribution in [0.3, 0.4) is 0 Å². The molecule has 0 radical (unpaired) electrons. The first kappa shape index (κ1) is 34.6. The van der Waals surface area contributed by atoms with E-state index in [1.54, 1.807) is 27.7 Å². The summed E-state index contributed by atoms with van der Waals surface area (Å²) in [5.41, 5.74) is -1.14. The first-order chi connectivity index (χ1) is 22.8. The number of amides is 4. The molecule has 1 aromatic heterocycles. The van der Waals surface area contributed by atoms with Gasteiger partial charge in [0.25, 0.3) is 5.91 Å². The molecule has 1 saturated carbocycles. The maximum atomic E-state index is 14.3. The summed E-state index contributed by atoms with van der Waals surface area (Å²) in [6.45, 7) is 7.34. The number of allylic oxidation sites excluding steroid dienone is 1. The molecule has 258 valence electrons. The number of nitrogens with one attached hydrogen (secondary N) is 3. The second kappa shape index (κ2) is 14.2. The van der Waals surface area contributed by atoms with Gasteiger partial charge in [-0.2, -0.15) is 9.90 Å². The van der Waals surface area contributed by atoms with E-state index in [1.165, 1.54) is 9.70 Å². The van der Waals surface area contributed by atoms with E-state index < -0.39 is 59.0 Å². The van der Waals surface area contributed by atoms with Crippen LogP contribution < -0.4 is 16.0 Å². The Morgan fingerprint density at radius 2 is 1.85 bits per heavy atom. The fourth-order valence-electron chi connectivity index (χ4n) is 6.37. The quantitative estimate of drug-likeness (QED) is 0.337. The molecular weight excluding hydrogens is 618 g/mol. The average molecular weight is 664 g/mol. The Kier molecular flexibility index (Phi) is 10.2. The Labute approximate surface area is 279 Å². The fourth-order valence-corrected chi connectivity index (χ4v) is 6.37. The summed E-state index contributed by atoms with van der Waals surface area (Å²) in [6.07, 6.45) is 6.63. The number of carboxylic acids is 1. The van der Waals surface area contributed by atoms with E-state index in [4.69, 9.17) is 4.74 Å². The van der Waals surface area contributed by atoms with Crippen LogP contribution in [0.5, 0.6) is 0 Å². The van der Waals surface area contributed by atoms with E-state index in [0.29, 0.717) is 30.6 Å². The van der Waals surface area contributed by atoms with Crippen molar-refractivity contribution in [3.8, 4) is 11.3 Å². The Hall–Kier alpha value is -4.75. The molecule has 48 heavy (non-hydrogen) atoms. The summed E-state index contributed by atoms with van der Waals surface area (Å²) < 4.78 is 5.46. The second-order valence-electron chi connectivity index (χ2n) is 13.7. The summed E-state index contributed by atoms with van der Waals surface area (Å²) in [6, 6.07) is 6.40. The largest absolute Gasteiger partial charge is 0.479 e. The SMILES string of the molecule is CCNC(=O)c1nn([C@@H]2CC3C(=O)NC4(C(=O)O)CC4/C=C\CCCCCC(NC(=O)OC(C)(C)C)C(=O)N3C2)nc1-c1ccccc1. The van der Waals surface area contributed by atoms with Gasteiger partial charge >= 0.3 is 12.1 Å². The zero-order valence-corrected chi connectivity index (χ0v) is 27.9. The molecule has 0 spiro atoms. The molecule has 3 heterocycles. The maximum absolute atomic E-state index is 14.3. The van der Waals surface area contributed by atoms with Gasteiger partial charge in [0.05, 0.1) is 6.04 Å². The van der Waals surface area contributed by atoms with Gasteiger partial charge in [0.1, 0.15) is 28.9 Å². The van der Waals surface area contributed by atoms with Gasteiger partial charge < -0.3 is 30.7 Å². The molecule has 2 fully saturated rings. The summed E-state index contributed by atoms with van der Waals surface area (Å²) >= 11 is 0. The molecule has 4 N–H and O–H groups in total. The van der Waals surface area contributed by atoms with Crippen LogP contribution in [-0.2, 0) is 19.1 Å². The van der Waals surface area contributed by atoms with Gasteiger partial charge in [-0.05, 0) is 53.4 Å². The van der Waals surface area contributed by atoms with Crippen molar-refractivity contribution in [2.24, 2.45) is 5.92 Å². The molecule has 14 heteroatoms. The van der Waals surface area contributed by atoms with E-state index in [0.717, 1.165) is 19.3 Å². The van der Waals surface area contributed by atoms with Crippen LogP contribution in [0.25, 0.3) is 11.3 Å². The third-order valence-electron chi connectivity index (χ3n) is 8.88. The molecule has 14 nitrogen and oxygen atoms in total. The predicted octanol–water partition coefficient (Wildman–Crippen LogP) is 3.21. The number of nitrogens with zero attached hydrogens (tertiary/aromatic N) is 4. The highest BCUT2D eigenvalue weighted by molar-refractivity contribution is 5.98. The van der Waals surface area contributed by atoms with Crippen LogP contribution in [0, 0.1) is 5.92 Å². The summed E-state index contributed by atoms with van der Waals surface area (Å²) in [5, 5.41) is 27.6. The number of rotatable bonds is 6. The fraction of sp³-hybridized carbons (Fsp3) is 0.559. The number of carbonyl (C=O) groups excluding carboxylic acids is 4. The smallest absolute Gasteiger partial charge is 0.408 e. The highest BCUT2D eigenvalue weighted by Gasteiger charge is 2.61. The van der Waals surface area contributed by atoms with Crippen LogP contribution in [0.1, 0.15) is 89.2 Å². The van der Waals surface area contributed by atoms with Crippen LogP contribution in [-0.4, -0.2) is 91.1 Å². The minimum absolute atomic E-state index is 0.00936. The van der Waals surface area contributed by atoms with Crippen molar-refractivity contribution in [3.63, 3.8) is 0 Å². The molecule has 2 aliphatic heterocycles. The zero-order chi connectivity index (χ0) is 34.6. The number of aromatic nitrogens is 3. The zero-order valence-electron chi connectivity index (χ0n) is 27.9. The lowest BCUT2D eigenvalue weighted by Crippen LogP contribution is -2.56. The number of aliphatic carboxylic acids is 1. The first-order valence-corrected chi connectivity index (χ1v) is 16.7. The highest BCUT2D eigenvalue weighted by Crippen LogP contribution is 2.45. The van der Waals surface area contributed by atoms with Crippen molar-refractivity contribution in [3.05, 3.63) is 48.2 Å². The minimum Gasteiger partial charge on any atom is -0.479 e. The normalized spacial score (nSPS) is 27.0. The average Bonchev–Trinajstić information content (AvgIpc) is 3.35. The van der Waals surface area contributed by atoms with Crippen molar-refractivity contribution < 1.29 is 33.8 Å². The van der Waals surface area contributed by atoms with Crippen LogP contribution >= 0.6 is 0 Å². The molecule has 0 bridgehead atoms. The second-order valence-corrected chi connectivity index (χ2v) is 13.7. The number of carbonyl (C=O) groups is 5. The Balaban J connectivity index is 1.50. The molecule has 4 amide bonds. The lowest BCUT2D eigenvalue weighted by atomic mass is 10.0. The van der Waals surface area contributed by atoms with E-state index in [9.17, 15) is 29.1 Å². The summed E-state index contributed by atoms with van der Waals surface area (Å²) in [5.74, 6) is -3.03. The Bertz CT molecular complexity index is 1570. The number of benzene rings is 1. The predicted molar refractivity (Wildman–Crippen MR) is 175 cm³/mol. The van der Waals surface area contributed by atoms with Crippen molar-refractivity contribution in [2.75, 3.05) is 13.1 Å². The highest BCUT2D eigenvalue weighted by atomic mass is 16.6. The van der Waals surface area contributed by atoms with E-state index >= 15 is 0 Å². The summed E-state index contributed by atoms with van der Waals surface area (Å²) in [4.78, 5) is 69.4. The molecule has 1 saturated heterocycles. The van der Waals surface area contributed by atoms with Crippen molar-refractivity contribution in [2.45, 2.75) is 102 Å². The molecule has 5 rings (SSSR count). The van der Waals surface area contributed by atoms with Crippen molar-refractivity contribution in [1.82, 2.24) is 35.8 Å². The lowest BCUT2D eigenvalue weighted by Gasteiger charge is -2.30. The van der Waals surface area contributed by atoms with Gasteiger partial charge in [-0.3, -0.25) is 14.4 Å². The molecule has 5 atom stereocenters. The topological polar surface area (TPSA) is 185 Å². The number of fused-ring (bicyclic) bond motifs is 2. The lowest BCUT2D eigenvalue weighted by molar-refractivity contribution is -0.145. The first-order valence-electron chi connectivity index (χ1n) is 16.7. The number of hydrogen-bond acceptors (Lipinski definition) is 8. The number of hydrogen-bond donors (Lipinski definition) is 4. The number of carboxylic acid groups (broad SMARTS) is 1. The number of ether oxygens (including phenoxy) is 1. The van der Waals surface area contributed by atoms with Crippen molar-refractivity contribution in [1.29, 1.82) is 0 Å². The third-order valence-corrected chi connectivity index (χ3v) is 8.88. The van der Waals surface area contributed by atoms with E-state index in [2.05, 4.69) is 26.1 Å². The minimum atomic E-state index is -1.47. The van der Waals surface area contributed by atoms with Gasteiger partial charge in [0.15, 0.2) is 5.69 Å². The van der Waals surface area contributed by atoms with Crippen LogP contribution in [0.4, 0.5) is 4.79 Å².